The minimum atomic E-state index is -0.520. The second-order valence-corrected chi connectivity index (χ2v) is 9.48. The van der Waals surface area contributed by atoms with E-state index in [2.05, 4.69) is 43.6 Å². The van der Waals surface area contributed by atoms with Crippen LogP contribution in [0.1, 0.15) is 72.9 Å². The van der Waals surface area contributed by atoms with Crippen molar-refractivity contribution in [2.75, 3.05) is 24.5 Å². The molecule has 1 unspecified atom stereocenters. The third-order valence-electron chi connectivity index (χ3n) is 4.56. The molecule has 1 aromatic heterocycles. The third kappa shape index (κ3) is 6.49. The van der Waals surface area contributed by atoms with E-state index in [1.807, 2.05) is 33.0 Å². The van der Waals surface area contributed by atoms with E-state index in [0.29, 0.717) is 30.2 Å². The lowest BCUT2D eigenvalue weighted by atomic mass is 10.1. The van der Waals surface area contributed by atoms with Gasteiger partial charge in [0.15, 0.2) is 0 Å². The molecular weight excluding hydrogens is 338 g/mol. The first-order valence-electron chi connectivity index (χ1n) is 10.3. The van der Waals surface area contributed by atoms with Gasteiger partial charge in [0, 0.05) is 25.3 Å². The normalized spacial score (nSPS) is 18.3. The molecule has 2 heterocycles. The van der Waals surface area contributed by atoms with Gasteiger partial charge in [0.2, 0.25) is 0 Å². The van der Waals surface area contributed by atoms with Crippen LogP contribution in [0.25, 0.3) is 0 Å². The molecule has 0 aromatic carbocycles. The molecule has 1 fully saturated rings. The van der Waals surface area contributed by atoms with E-state index in [9.17, 15) is 4.79 Å². The molecule has 5 nitrogen and oxygen atoms in total. The van der Waals surface area contributed by atoms with Gasteiger partial charge in [-0.1, -0.05) is 33.8 Å². The zero-order chi connectivity index (χ0) is 20.2. The maximum atomic E-state index is 12.7. The van der Waals surface area contributed by atoms with E-state index >= 15 is 0 Å². The van der Waals surface area contributed by atoms with Gasteiger partial charge in [-0.05, 0) is 63.6 Å². The summed E-state index contributed by atoms with van der Waals surface area (Å²) in [4.78, 5) is 21.5. The minimum absolute atomic E-state index is 0.329. The van der Waals surface area contributed by atoms with Crippen LogP contribution in [0, 0.1) is 11.8 Å². The zero-order valence-electron chi connectivity index (χ0n) is 18.2. The lowest BCUT2D eigenvalue weighted by Gasteiger charge is -2.29. The summed E-state index contributed by atoms with van der Waals surface area (Å²) >= 11 is 0. The second kappa shape index (κ2) is 9.05. The Kier molecular flexibility index (Phi) is 7.26. The number of anilines is 1. The van der Waals surface area contributed by atoms with Crippen LogP contribution in [0.3, 0.4) is 0 Å². The molecule has 152 valence electrons. The highest BCUT2D eigenvalue weighted by atomic mass is 16.6. The fourth-order valence-corrected chi connectivity index (χ4v) is 3.59. The molecule has 27 heavy (non-hydrogen) atoms. The standard InChI is InChI=1S/C22H37N3O2/c1-16(2)14-24-12-8-9-19(24)18-10-11-20(23-13-18)25(15-17(3)4)21(26)27-22(5,6)7/h10-11,13,16-17,19H,8-9,12,14-15H2,1-7H3. The molecule has 1 amide bonds. The molecule has 5 heteroatoms. The Balaban J connectivity index is 2.17. The molecule has 0 bridgehead atoms. The molecule has 0 N–H and O–H groups in total. The van der Waals surface area contributed by atoms with Gasteiger partial charge in [-0.3, -0.25) is 9.80 Å². The summed E-state index contributed by atoms with van der Waals surface area (Å²) in [5, 5.41) is 0. The number of hydrogen-bond acceptors (Lipinski definition) is 4. The Morgan fingerprint density at radius 2 is 1.96 bits per heavy atom. The van der Waals surface area contributed by atoms with Crippen LogP contribution in [0.2, 0.25) is 0 Å². The fourth-order valence-electron chi connectivity index (χ4n) is 3.59. The Hall–Kier alpha value is -1.62. The number of carbonyl (C=O) groups excluding carboxylic acids is 1. The third-order valence-corrected chi connectivity index (χ3v) is 4.56. The Labute approximate surface area is 165 Å². The summed E-state index contributed by atoms with van der Waals surface area (Å²) in [5.41, 5.74) is 0.721. The van der Waals surface area contributed by atoms with Crippen LogP contribution < -0.4 is 4.90 Å². The molecular formula is C22H37N3O2. The first-order chi connectivity index (χ1) is 12.6. The first-order valence-corrected chi connectivity index (χ1v) is 10.3. The number of pyridine rings is 1. The minimum Gasteiger partial charge on any atom is -0.443 e. The van der Waals surface area contributed by atoms with Gasteiger partial charge in [0.25, 0.3) is 0 Å². The highest BCUT2D eigenvalue weighted by molar-refractivity contribution is 5.86. The van der Waals surface area contributed by atoms with Gasteiger partial charge >= 0.3 is 6.09 Å². The van der Waals surface area contributed by atoms with Crippen molar-refractivity contribution in [1.82, 2.24) is 9.88 Å². The number of likely N-dealkylation sites (tertiary alicyclic amines) is 1. The van der Waals surface area contributed by atoms with E-state index in [-0.39, 0.29) is 6.09 Å². The van der Waals surface area contributed by atoms with Crippen molar-refractivity contribution in [3.05, 3.63) is 23.9 Å². The SMILES string of the molecule is CC(C)CN(C(=O)OC(C)(C)C)c1ccc(C2CCCN2CC(C)C)cn1. The van der Waals surface area contributed by atoms with E-state index in [4.69, 9.17) is 4.74 Å². The molecule has 1 atom stereocenters. The fraction of sp³-hybridized carbons (Fsp3) is 0.727. The monoisotopic (exact) mass is 375 g/mol. The van der Waals surface area contributed by atoms with Crippen molar-refractivity contribution in [3.8, 4) is 0 Å². The molecule has 1 saturated heterocycles. The quantitative estimate of drug-likeness (QED) is 0.679. The summed E-state index contributed by atoms with van der Waals surface area (Å²) in [6, 6.07) is 4.53. The zero-order valence-corrected chi connectivity index (χ0v) is 18.2. The average molecular weight is 376 g/mol. The summed E-state index contributed by atoms with van der Waals surface area (Å²) < 4.78 is 5.58. The molecule has 0 spiro atoms. The van der Waals surface area contributed by atoms with Crippen molar-refractivity contribution in [2.45, 2.75) is 73.0 Å². The van der Waals surface area contributed by atoms with Crippen molar-refractivity contribution in [3.63, 3.8) is 0 Å². The Bertz CT molecular complexity index is 605. The van der Waals surface area contributed by atoms with Crippen molar-refractivity contribution >= 4 is 11.9 Å². The van der Waals surface area contributed by atoms with E-state index in [1.54, 1.807) is 4.90 Å². The van der Waals surface area contributed by atoms with Gasteiger partial charge in [-0.15, -0.1) is 0 Å². The number of rotatable bonds is 6. The van der Waals surface area contributed by atoms with Crippen molar-refractivity contribution in [2.24, 2.45) is 11.8 Å². The molecule has 1 aliphatic rings. The van der Waals surface area contributed by atoms with Crippen LogP contribution in [0.4, 0.5) is 10.6 Å². The number of hydrogen-bond donors (Lipinski definition) is 0. The number of ether oxygens (including phenoxy) is 1. The van der Waals surface area contributed by atoms with Crippen LogP contribution >= 0.6 is 0 Å². The number of amides is 1. The molecule has 1 aliphatic heterocycles. The number of carbonyl (C=O) groups is 1. The Morgan fingerprint density at radius 3 is 2.48 bits per heavy atom. The summed E-state index contributed by atoms with van der Waals surface area (Å²) in [6.45, 7) is 17.2. The van der Waals surface area contributed by atoms with E-state index in [1.165, 1.54) is 18.4 Å². The second-order valence-electron chi connectivity index (χ2n) is 9.48. The predicted molar refractivity (Wildman–Crippen MR) is 111 cm³/mol. The predicted octanol–water partition coefficient (Wildman–Crippen LogP) is 5.27. The maximum absolute atomic E-state index is 12.7. The van der Waals surface area contributed by atoms with E-state index in [0.717, 1.165) is 13.1 Å². The Morgan fingerprint density at radius 1 is 1.26 bits per heavy atom. The average Bonchev–Trinajstić information content (AvgIpc) is 2.98. The summed E-state index contributed by atoms with van der Waals surface area (Å²) in [6.07, 6.45) is 4.02. The van der Waals surface area contributed by atoms with E-state index < -0.39 is 5.60 Å². The lowest BCUT2D eigenvalue weighted by Crippen LogP contribution is -2.39. The van der Waals surface area contributed by atoms with Crippen molar-refractivity contribution in [1.29, 1.82) is 0 Å². The van der Waals surface area contributed by atoms with Gasteiger partial charge in [-0.2, -0.15) is 0 Å². The van der Waals surface area contributed by atoms with Gasteiger partial charge in [-0.25, -0.2) is 9.78 Å². The first kappa shape index (κ1) is 21.7. The molecule has 0 aliphatic carbocycles. The van der Waals surface area contributed by atoms with Gasteiger partial charge in [0.05, 0.1) is 0 Å². The number of nitrogens with zero attached hydrogens (tertiary/aromatic N) is 3. The molecule has 0 radical (unpaired) electrons. The lowest BCUT2D eigenvalue weighted by molar-refractivity contribution is 0.0575. The van der Waals surface area contributed by atoms with Crippen LogP contribution in [0.5, 0.6) is 0 Å². The molecule has 0 saturated carbocycles. The number of aromatic nitrogens is 1. The molecule has 1 aromatic rings. The van der Waals surface area contributed by atoms with Crippen LogP contribution in [0.15, 0.2) is 18.3 Å². The summed E-state index contributed by atoms with van der Waals surface area (Å²) in [7, 11) is 0. The van der Waals surface area contributed by atoms with Crippen LogP contribution in [-0.2, 0) is 4.74 Å². The molecule has 2 rings (SSSR count). The highest BCUT2D eigenvalue weighted by Gasteiger charge is 2.28. The van der Waals surface area contributed by atoms with Gasteiger partial charge in [0.1, 0.15) is 11.4 Å². The van der Waals surface area contributed by atoms with Crippen LogP contribution in [-0.4, -0.2) is 41.2 Å². The topological polar surface area (TPSA) is 45.7 Å². The van der Waals surface area contributed by atoms with Gasteiger partial charge < -0.3 is 4.74 Å². The largest absolute Gasteiger partial charge is 0.443 e. The maximum Gasteiger partial charge on any atom is 0.416 e. The summed E-state index contributed by atoms with van der Waals surface area (Å²) in [5.74, 6) is 1.65. The van der Waals surface area contributed by atoms with Crippen molar-refractivity contribution < 1.29 is 9.53 Å². The highest BCUT2D eigenvalue weighted by Crippen LogP contribution is 2.32. The smallest absolute Gasteiger partial charge is 0.416 e.